The zero-order chi connectivity index (χ0) is 18.6. The number of aromatic nitrogens is 6. The number of aryl methyl sites for hydroxylation is 1. The molecule has 0 saturated carbocycles. The first-order valence-corrected chi connectivity index (χ1v) is 8.67. The summed E-state index contributed by atoms with van der Waals surface area (Å²) >= 11 is 0. The van der Waals surface area contributed by atoms with Gasteiger partial charge in [-0.1, -0.05) is 0 Å². The molecular weight excluding hydrogens is 344 g/mol. The molecule has 1 fully saturated rings. The highest BCUT2D eigenvalue weighted by atomic mass is 16.2. The van der Waals surface area contributed by atoms with E-state index in [1.54, 1.807) is 29.6 Å². The van der Waals surface area contributed by atoms with Crippen molar-refractivity contribution < 1.29 is 4.79 Å². The molecule has 3 aromatic heterocycles. The first kappa shape index (κ1) is 17.0. The van der Waals surface area contributed by atoms with E-state index in [0.29, 0.717) is 29.8 Å². The number of anilines is 2. The lowest BCUT2D eigenvalue weighted by Crippen LogP contribution is -2.31. The Kier molecular flexibility index (Phi) is 4.65. The number of likely N-dealkylation sites (tertiary alicyclic amines) is 1. The molecule has 0 aliphatic carbocycles. The van der Waals surface area contributed by atoms with Crippen LogP contribution in [0, 0.1) is 6.92 Å². The fraction of sp³-hybridized carbons (Fsp3) is 0.278. The molecule has 1 amide bonds. The second-order valence-corrected chi connectivity index (χ2v) is 6.17. The van der Waals surface area contributed by atoms with Crippen LogP contribution in [0.4, 0.5) is 11.8 Å². The maximum atomic E-state index is 12.8. The Labute approximate surface area is 156 Å². The summed E-state index contributed by atoms with van der Waals surface area (Å²) in [4.78, 5) is 40.0. The summed E-state index contributed by atoms with van der Waals surface area (Å²) in [5.74, 6) is 1.54. The number of nitrogens with zero attached hydrogens (tertiary/aromatic N) is 7. The second kappa shape index (κ2) is 7.40. The summed E-state index contributed by atoms with van der Waals surface area (Å²) in [6.45, 7) is 2.48. The Morgan fingerprint density at radius 2 is 2.00 bits per heavy atom. The van der Waals surface area contributed by atoms with Crippen LogP contribution in [0.15, 0.2) is 43.1 Å². The number of hydrogen-bond acceptors (Lipinski definition) is 8. The number of amides is 1. The molecular formula is C18H18N8O. The lowest BCUT2D eigenvalue weighted by Gasteiger charge is -2.24. The Balaban J connectivity index is 1.61. The minimum Gasteiger partial charge on any atom is -0.329 e. The van der Waals surface area contributed by atoms with Gasteiger partial charge in [0.1, 0.15) is 17.3 Å². The van der Waals surface area contributed by atoms with Gasteiger partial charge in [0.25, 0.3) is 5.91 Å². The van der Waals surface area contributed by atoms with Crippen molar-refractivity contribution in [3.8, 4) is 0 Å². The molecule has 0 aromatic carbocycles. The lowest BCUT2D eigenvalue weighted by atomic mass is 10.1. The lowest BCUT2D eigenvalue weighted by molar-refractivity contribution is 0.0726. The molecule has 27 heavy (non-hydrogen) atoms. The fourth-order valence-corrected chi connectivity index (χ4v) is 3.18. The molecule has 9 heteroatoms. The van der Waals surface area contributed by atoms with Crippen molar-refractivity contribution in [1.82, 2.24) is 34.8 Å². The van der Waals surface area contributed by atoms with Crippen molar-refractivity contribution in [2.45, 2.75) is 25.8 Å². The quantitative estimate of drug-likeness (QED) is 0.751. The van der Waals surface area contributed by atoms with E-state index in [9.17, 15) is 4.79 Å². The van der Waals surface area contributed by atoms with E-state index in [1.165, 1.54) is 12.4 Å². The van der Waals surface area contributed by atoms with E-state index in [-0.39, 0.29) is 11.9 Å². The SMILES string of the molecule is Cc1nc(Nc2ncccn2)cc([C@@H]2CCCN2C(=O)c2cnccn2)n1. The van der Waals surface area contributed by atoms with Crippen molar-refractivity contribution >= 4 is 17.7 Å². The Morgan fingerprint density at radius 3 is 2.78 bits per heavy atom. The predicted molar refractivity (Wildman–Crippen MR) is 97.1 cm³/mol. The molecule has 0 radical (unpaired) electrons. The maximum absolute atomic E-state index is 12.8. The van der Waals surface area contributed by atoms with Crippen molar-refractivity contribution in [2.75, 3.05) is 11.9 Å². The van der Waals surface area contributed by atoms with Crippen LogP contribution >= 0.6 is 0 Å². The molecule has 4 heterocycles. The third-order valence-corrected chi connectivity index (χ3v) is 4.30. The van der Waals surface area contributed by atoms with Crippen LogP contribution < -0.4 is 5.32 Å². The van der Waals surface area contributed by atoms with Crippen molar-refractivity contribution in [2.24, 2.45) is 0 Å². The van der Waals surface area contributed by atoms with Gasteiger partial charge in [0.15, 0.2) is 0 Å². The molecule has 0 bridgehead atoms. The standard InChI is InChI=1S/C18H18N8O/c1-12-23-13(10-16(24-12)25-18-21-5-3-6-22-18)15-4-2-9-26(15)17(27)14-11-19-7-8-20-14/h3,5-8,10-11,15H,2,4,9H2,1H3,(H,21,22,23,24,25)/t15-/m0/s1. The van der Waals surface area contributed by atoms with E-state index in [4.69, 9.17) is 0 Å². The van der Waals surface area contributed by atoms with Crippen molar-refractivity contribution in [3.05, 3.63) is 60.3 Å². The number of hydrogen-bond donors (Lipinski definition) is 1. The van der Waals surface area contributed by atoms with Gasteiger partial charge in [-0.25, -0.2) is 24.9 Å². The van der Waals surface area contributed by atoms with E-state index in [2.05, 4.69) is 35.2 Å². The van der Waals surface area contributed by atoms with E-state index < -0.39 is 0 Å². The average Bonchev–Trinajstić information content (AvgIpc) is 3.18. The van der Waals surface area contributed by atoms with Gasteiger partial charge in [-0.2, -0.15) is 0 Å². The van der Waals surface area contributed by atoms with E-state index in [0.717, 1.165) is 18.5 Å². The van der Waals surface area contributed by atoms with Gasteiger partial charge in [0.2, 0.25) is 5.95 Å². The smallest absolute Gasteiger partial charge is 0.274 e. The highest BCUT2D eigenvalue weighted by Gasteiger charge is 2.32. The molecule has 136 valence electrons. The average molecular weight is 362 g/mol. The van der Waals surface area contributed by atoms with E-state index in [1.807, 2.05) is 13.0 Å². The molecule has 4 rings (SSSR count). The van der Waals surface area contributed by atoms with Crippen LogP contribution in [0.1, 0.15) is 40.9 Å². The number of rotatable bonds is 4. The van der Waals surface area contributed by atoms with Gasteiger partial charge in [-0.05, 0) is 25.8 Å². The van der Waals surface area contributed by atoms with Crippen molar-refractivity contribution in [1.29, 1.82) is 0 Å². The van der Waals surface area contributed by atoms with Crippen LogP contribution in [0.3, 0.4) is 0 Å². The van der Waals surface area contributed by atoms with Gasteiger partial charge in [-0.3, -0.25) is 9.78 Å². The van der Waals surface area contributed by atoms with Crippen LogP contribution in [0.5, 0.6) is 0 Å². The summed E-state index contributed by atoms with van der Waals surface area (Å²) in [5, 5.41) is 3.09. The second-order valence-electron chi connectivity index (χ2n) is 6.17. The first-order chi connectivity index (χ1) is 13.2. The molecule has 1 aliphatic heterocycles. The molecule has 1 saturated heterocycles. The third-order valence-electron chi connectivity index (χ3n) is 4.30. The Bertz CT molecular complexity index is 935. The summed E-state index contributed by atoms with van der Waals surface area (Å²) in [6.07, 6.45) is 9.62. The first-order valence-electron chi connectivity index (χ1n) is 8.67. The van der Waals surface area contributed by atoms with Gasteiger partial charge >= 0.3 is 0 Å². The molecule has 1 atom stereocenters. The number of carbonyl (C=O) groups excluding carboxylic acids is 1. The summed E-state index contributed by atoms with van der Waals surface area (Å²) in [6, 6.07) is 3.46. The molecule has 0 unspecified atom stereocenters. The zero-order valence-corrected chi connectivity index (χ0v) is 14.8. The fourth-order valence-electron chi connectivity index (χ4n) is 3.18. The highest BCUT2D eigenvalue weighted by molar-refractivity contribution is 5.92. The normalized spacial score (nSPS) is 16.3. The van der Waals surface area contributed by atoms with Crippen molar-refractivity contribution in [3.63, 3.8) is 0 Å². The third kappa shape index (κ3) is 3.71. The summed E-state index contributed by atoms with van der Waals surface area (Å²) < 4.78 is 0. The highest BCUT2D eigenvalue weighted by Crippen LogP contribution is 2.32. The topological polar surface area (TPSA) is 110 Å². The Hall–Kier alpha value is -3.49. The minimum absolute atomic E-state index is 0.126. The van der Waals surface area contributed by atoms with E-state index >= 15 is 0 Å². The minimum atomic E-state index is -0.136. The summed E-state index contributed by atoms with van der Waals surface area (Å²) in [5.41, 5.74) is 1.13. The maximum Gasteiger partial charge on any atom is 0.274 e. The largest absolute Gasteiger partial charge is 0.329 e. The van der Waals surface area contributed by atoms with Gasteiger partial charge < -0.3 is 10.2 Å². The van der Waals surface area contributed by atoms with Crippen LogP contribution in [-0.4, -0.2) is 47.3 Å². The number of carbonyl (C=O) groups is 1. The van der Waals surface area contributed by atoms with Gasteiger partial charge in [0, 0.05) is 37.4 Å². The zero-order valence-electron chi connectivity index (χ0n) is 14.8. The molecule has 1 N–H and O–H groups in total. The molecule has 1 aliphatic rings. The molecule has 0 spiro atoms. The Morgan fingerprint density at radius 1 is 1.15 bits per heavy atom. The van der Waals surface area contributed by atoms with Crippen LogP contribution in [0.25, 0.3) is 0 Å². The van der Waals surface area contributed by atoms with Crippen LogP contribution in [-0.2, 0) is 0 Å². The monoisotopic (exact) mass is 362 g/mol. The molecule has 3 aromatic rings. The van der Waals surface area contributed by atoms with Gasteiger partial charge in [-0.15, -0.1) is 0 Å². The van der Waals surface area contributed by atoms with Crippen LogP contribution in [0.2, 0.25) is 0 Å². The van der Waals surface area contributed by atoms with Gasteiger partial charge in [0.05, 0.1) is 17.9 Å². The predicted octanol–water partition coefficient (Wildman–Crippen LogP) is 2.09. The number of nitrogens with one attached hydrogen (secondary N) is 1. The summed E-state index contributed by atoms with van der Waals surface area (Å²) in [7, 11) is 0. The molecule has 9 nitrogen and oxygen atoms in total.